The Morgan fingerprint density at radius 2 is 1.83 bits per heavy atom. The molecule has 4 nitrogen and oxygen atoms in total. The van der Waals surface area contributed by atoms with Crippen molar-refractivity contribution in [2.45, 2.75) is 64.3 Å². The van der Waals surface area contributed by atoms with Gasteiger partial charge < -0.3 is 10.2 Å². The number of rotatable bonds is 6. The van der Waals surface area contributed by atoms with Crippen LogP contribution in [-0.2, 0) is 16.1 Å². The Bertz CT molecular complexity index is 562. The van der Waals surface area contributed by atoms with E-state index in [9.17, 15) is 9.59 Å². The Hall–Kier alpha value is -1.84. The topological polar surface area (TPSA) is 49.4 Å². The van der Waals surface area contributed by atoms with Crippen LogP contribution < -0.4 is 10.2 Å². The third kappa shape index (κ3) is 4.59. The maximum Gasteiger partial charge on any atom is 0.227 e. The summed E-state index contributed by atoms with van der Waals surface area (Å²) >= 11 is 0. The van der Waals surface area contributed by atoms with Gasteiger partial charge in [-0.05, 0) is 36.5 Å². The van der Waals surface area contributed by atoms with Gasteiger partial charge in [0.2, 0.25) is 11.8 Å². The molecule has 1 saturated carbocycles. The van der Waals surface area contributed by atoms with E-state index in [1.54, 1.807) is 0 Å². The number of amides is 2. The average Bonchev–Trinajstić information content (AvgIpc) is 3.05. The van der Waals surface area contributed by atoms with Crippen LogP contribution in [0.25, 0.3) is 0 Å². The normalized spacial score (nSPS) is 18.8. The zero-order valence-corrected chi connectivity index (χ0v) is 14.4. The van der Waals surface area contributed by atoms with E-state index in [-0.39, 0.29) is 11.8 Å². The lowest BCUT2D eigenvalue weighted by Crippen LogP contribution is -2.24. The molecule has 1 saturated heterocycles. The molecule has 130 valence electrons. The van der Waals surface area contributed by atoms with Crippen molar-refractivity contribution >= 4 is 17.5 Å². The lowest BCUT2D eigenvalue weighted by Gasteiger charge is -2.21. The third-order valence-electron chi connectivity index (χ3n) is 5.32. The fraction of sp³-hybridized carbons (Fsp3) is 0.600. The number of nitrogens with one attached hydrogen (secondary N) is 1. The van der Waals surface area contributed by atoms with E-state index in [1.807, 2.05) is 29.2 Å². The van der Waals surface area contributed by atoms with E-state index >= 15 is 0 Å². The van der Waals surface area contributed by atoms with Crippen LogP contribution in [0.4, 0.5) is 5.69 Å². The van der Waals surface area contributed by atoms with Gasteiger partial charge in [0, 0.05) is 31.6 Å². The molecule has 2 aliphatic rings. The van der Waals surface area contributed by atoms with Crippen molar-refractivity contribution in [3.63, 3.8) is 0 Å². The summed E-state index contributed by atoms with van der Waals surface area (Å²) in [5.41, 5.74) is 2.04. The molecule has 0 spiro atoms. The predicted octanol–water partition coefficient (Wildman–Crippen LogP) is 3.79. The largest absolute Gasteiger partial charge is 0.352 e. The maximum absolute atomic E-state index is 12.0. The van der Waals surface area contributed by atoms with Crippen molar-refractivity contribution in [1.29, 1.82) is 0 Å². The molecule has 3 rings (SSSR count). The average molecular weight is 328 g/mol. The molecule has 0 atom stereocenters. The molecule has 1 aromatic rings. The fourth-order valence-electron chi connectivity index (χ4n) is 3.81. The highest BCUT2D eigenvalue weighted by Crippen LogP contribution is 2.27. The summed E-state index contributed by atoms with van der Waals surface area (Å²) in [4.78, 5) is 25.6. The molecule has 2 fully saturated rings. The first-order chi connectivity index (χ1) is 11.7. The Kier molecular flexibility index (Phi) is 5.89. The predicted molar refractivity (Wildman–Crippen MR) is 95.7 cm³/mol. The summed E-state index contributed by atoms with van der Waals surface area (Å²) in [5, 5.41) is 3.02. The molecule has 0 radical (unpaired) electrons. The fourth-order valence-corrected chi connectivity index (χ4v) is 3.81. The minimum atomic E-state index is 0.152. The van der Waals surface area contributed by atoms with Crippen LogP contribution in [0, 0.1) is 5.92 Å². The second-order valence-corrected chi connectivity index (χ2v) is 7.13. The smallest absolute Gasteiger partial charge is 0.227 e. The van der Waals surface area contributed by atoms with Gasteiger partial charge in [-0.3, -0.25) is 9.59 Å². The van der Waals surface area contributed by atoms with Crippen molar-refractivity contribution in [2.75, 3.05) is 11.4 Å². The molecular weight excluding hydrogens is 300 g/mol. The summed E-state index contributed by atoms with van der Waals surface area (Å²) in [6.45, 7) is 1.38. The van der Waals surface area contributed by atoms with Gasteiger partial charge in [0.1, 0.15) is 0 Å². The van der Waals surface area contributed by atoms with E-state index in [4.69, 9.17) is 0 Å². The Morgan fingerprint density at radius 1 is 1.08 bits per heavy atom. The zero-order valence-electron chi connectivity index (χ0n) is 14.4. The number of anilines is 1. The molecule has 1 aliphatic heterocycles. The molecule has 0 bridgehead atoms. The van der Waals surface area contributed by atoms with Crippen molar-refractivity contribution in [2.24, 2.45) is 5.92 Å². The Labute approximate surface area is 144 Å². The van der Waals surface area contributed by atoms with Crippen LogP contribution in [0.2, 0.25) is 0 Å². The van der Waals surface area contributed by atoms with E-state index in [0.717, 1.165) is 36.6 Å². The van der Waals surface area contributed by atoms with Crippen LogP contribution in [0.3, 0.4) is 0 Å². The van der Waals surface area contributed by atoms with Crippen LogP contribution in [0.15, 0.2) is 24.3 Å². The molecule has 1 aromatic carbocycles. The highest BCUT2D eigenvalue weighted by Gasteiger charge is 2.21. The molecule has 1 heterocycles. The highest BCUT2D eigenvalue weighted by atomic mass is 16.2. The highest BCUT2D eigenvalue weighted by molar-refractivity contribution is 5.95. The number of nitrogens with zero attached hydrogens (tertiary/aromatic N) is 1. The van der Waals surface area contributed by atoms with Gasteiger partial charge in [-0.1, -0.05) is 44.2 Å². The molecule has 4 heteroatoms. The minimum absolute atomic E-state index is 0.152. The third-order valence-corrected chi connectivity index (χ3v) is 5.32. The monoisotopic (exact) mass is 328 g/mol. The standard InChI is InChI=1S/C20H28N2O2/c23-19(13-10-16-5-2-1-3-6-16)21-15-17-8-11-18(12-9-17)22-14-4-7-20(22)24/h8-9,11-12,16H,1-7,10,13-15H2,(H,21,23). The van der Waals surface area contributed by atoms with Gasteiger partial charge in [-0.25, -0.2) is 0 Å². The van der Waals surface area contributed by atoms with Crippen molar-refractivity contribution in [3.05, 3.63) is 29.8 Å². The van der Waals surface area contributed by atoms with E-state index in [0.29, 0.717) is 19.4 Å². The van der Waals surface area contributed by atoms with Crippen LogP contribution >= 0.6 is 0 Å². The van der Waals surface area contributed by atoms with E-state index in [1.165, 1.54) is 32.1 Å². The SMILES string of the molecule is O=C(CCC1CCCCC1)NCc1ccc(N2CCCC2=O)cc1. The number of carbonyl (C=O) groups excluding carboxylic acids is 2. The first-order valence-corrected chi connectivity index (χ1v) is 9.38. The van der Waals surface area contributed by atoms with Gasteiger partial charge in [0.05, 0.1) is 0 Å². The van der Waals surface area contributed by atoms with Gasteiger partial charge in [-0.2, -0.15) is 0 Å². The Morgan fingerprint density at radius 3 is 2.50 bits per heavy atom. The molecule has 0 unspecified atom stereocenters. The number of hydrogen-bond donors (Lipinski definition) is 1. The van der Waals surface area contributed by atoms with Crippen molar-refractivity contribution in [3.8, 4) is 0 Å². The number of carbonyl (C=O) groups is 2. The molecular formula is C20H28N2O2. The molecule has 2 amide bonds. The number of hydrogen-bond acceptors (Lipinski definition) is 2. The van der Waals surface area contributed by atoms with Gasteiger partial charge in [0.15, 0.2) is 0 Å². The first kappa shape index (κ1) is 17.0. The van der Waals surface area contributed by atoms with E-state index < -0.39 is 0 Å². The summed E-state index contributed by atoms with van der Waals surface area (Å²) in [6, 6.07) is 7.96. The quantitative estimate of drug-likeness (QED) is 0.864. The summed E-state index contributed by atoms with van der Waals surface area (Å²) in [6.07, 6.45) is 9.88. The van der Waals surface area contributed by atoms with Gasteiger partial charge in [-0.15, -0.1) is 0 Å². The summed E-state index contributed by atoms with van der Waals surface area (Å²) in [7, 11) is 0. The zero-order chi connectivity index (χ0) is 16.8. The first-order valence-electron chi connectivity index (χ1n) is 9.38. The second kappa shape index (κ2) is 8.32. The molecule has 1 N–H and O–H groups in total. The van der Waals surface area contributed by atoms with Crippen LogP contribution in [-0.4, -0.2) is 18.4 Å². The minimum Gasteiger partial charge on any atom is -0.352 e. The molecule has 24 heavy (non-hydrogen) atoms. The van der Waals surface area contributed by atoms with E-state index in [2.05, 4.69) is 5.32 Å². The van der Waals surface area contributed by atoms with Crippen LogP contribution in [0.1, 0.15) is 63.4 Å². The summed E-state index contributed by atoms with van der Waals surface area (Å²) in [5.74, 6) is 1.11. The lowest BCUT2D eigenvalue weighted by molar-refractivity contribution is -0.121. The Balaban J connectivity index is 1.41. The number of benzene rings is 1. The van der Waals surface area contributed by atoms with Crippen molar-refractivity contribution in [1.82, 2.24) is 5.32 Å². The van der Waals surface area contributed by atoms with Crippen molar-refractivity contribution < 1.29 is 9.59 Å². The molecule has 0 aromatic heterocycles. The van der Waals surface area contributed by atoms with Gasteiger partial charge >= 0.3 is 0 Å². The lowest BCUT2D eigenvalue weighted by atomic mass is 9.86. The van der Waals surface area contributed by atoms with Gasteiger partial charge in [0.25, 0.3) is 0 Å². The maximum atomic E-state index is 12.0. The molecule has 1 aliphatic carbocycles. The second-order valence-electron chi connectivity index (χ2n) is 7.13. The van der Waals surface area contributed by atoms with Crippen LogP contribution in [0.5, 0.6) is 0 Å². The summed E-state index contributed by atoms with van der Waals surface area (Å²) < 4.78 is 0.